The average molecular weight is 555 g/mol. The molecule has 1 atom stereocenters. The van der Waals surface area contributed by atoms with Gasteiger partial charge in [-0.25, -0.2) is 4.79 Å². The maximum atomic E-state index is 10.6. The number of aliphatic hydroxyl groups is 1. The quantitative estimate of drug-likeness (QED) is 0.374. The maximum absolute atomic E-state index is 10.6. The molecule has 1 unspecified atom stereocenters. The molecule has 1 aliphatic rings. The zero-order valence-corrected chi connectivity index (χ0v) is 19.8. The van der Waals surface area contributed by atoms with Gasteiger partial charge in [0.2, 0.25) is 6.79 Å². The van der Waals surface area contributed by atoms with Crippen LogP contribution in [0.5, 0.6) is 11.5 Å². The van der Waals surface area contributed by atoms with Crippen LogP contribution in [0, 0.1) is 0 Å². The van der Waals surface area contributed by atoms with Gasteiger partial charge in [0.15, 0.2) is 11.5 Å². The summed E-state index contributed by atoms with van der Waals surface area (Å²) >= 11 is 3.61. The summed E-state index contributed by atoms with van der Waals surface area (Å²) in [5, 5.41) is 20.2. The molecule has 0 aliphatic carbocycles. The minimum Gasteiger partial charge on any atom is -0.475 e. The molecule has 0 saturated carbocycles. The minimum atomic E-state index is -5.08. The van der Waals surface area contributed by atoms with Gasteiger partial charge in [-0.3, -0.25) is 4.98 Å². The van der Waals surface area contributed by atoms with E-state index in [1.54, 1.807) is 12.4 Å². The van der Waals surface area contributed by atoms with Crippen molar-refractivity contribution >= 4 is 21.9 Å². The zero-order valence-electron chi connectivity index (χ0n) is 18.3. The third-order valence-corrected chi connectivity index (χ3v) is 5.74. The molecule has 2 aromatic carbocycles. The van der Waals surface area contributed by atoms with Crippen LogP contribution in [0.15, 0.2) is 65.4 Å². The van der Waals surface area contributed by atoms with Crippen molar-refractivity contribution in [2.75, 3.05) is 13.4 Å². The molecule has 2 heterocycles. The van der Waals surface area contributed by atoms with Gasteiger partial charge in [0, 0.05) is 41.6 Å². The van der Waals surface area contributed by atoms with Gasteiger partial charge < -0.3 is 25.0 Å². The number of carbonyl (C=O) groups is 1. The first-order chi connectivity index (χ1) is 16.7. The Morgan fingerprint density at radius 1 is 1.14 bits per heavy atom. The number of carboxylic acid groups (broad SMARTS) is 1. The highest BCUT2D eigenvalue weighted by Crippen LogP contribution is 2.42. The number of carboxylic acids is 1. The van der Waals surface area contributed by atoms with Crippen LogP contribution in [0.1, 0.15) is 23.6 Å². The Morgan fingerprint density at radius 3 is 2.46 bits per heavy atom. The molecular formula is C24H22BrF3N2O5. The minimum absolute atomic E-state index is 0.0374. The molecule has 7 nitrogen and oxygen atoms in total. The number of aliphatic hydroxyl groups excluding tert-OH is 1. The highest BCUT2D eigenvalue weighted by molar-refractivity contribution is 9.10. The van der Waals surface area contributed by atoms with Gasteiger partial charge in [0.1, 0.15) is 0 Å². The Bertz CT molecular complexity index is 1150. The number of benzene rings is 2. The van der Waals surface area contributed by atoms with Crippen LogP contribution < -0.4 is 14.8 Å². The third kappa shape index (κ3) is 7.17. The second kappa shape index (κ2) is 12.0. The second-order valence-electron chi connectivity index (χ2n) is 7.38. The van der Waals surface area contributed by atoms with E-state index in [2.05, 4.69) is 38.4 Å². The summed E-state index contributed by atoms with van der Waals surface area (Å²) in [5.74, 6) is -1.23. The van der Waals surface area contributed by atoms with E-state index in [9.17, 15) is 18.3 Å². The Kier molecular flexibility index (Phi) is 9.07. The lowest BCUT2D eigenvalue weighted by Crippen LogP contribution is -2.22. The molecule has 0 amide bonds. The fourth-order valence-corrected chi connectivity index (χ4v) is 3.97. The van der Waals surface area contributed by atoms with E-state index in [-0.39, 0.29) is 19.4 Å². The van der Waals surface area contributed by atoms with Gasteiger partial charge in [-0.05, 0) is 53.4 Å². The molecule has 1 aromatic heterocycles. The van der Waals surface area contributed by atoms with Crippen molar-refractivity contribution in [2.24, 2.45) is 0 Å². The predicted molar refractivity (Wildman–Crippen MR) is 125 cm³/mol. The summed E-state index contributed by atoms with van der Waals surface area (Å²) in [7, 11) is 0. The summed E-state index contributed by atoms with van der Waals surface area (Å²) < 4.78 is 44.1. The Labute approximate surface area is 207 Å². The van der Waals surface area contributed by atoms with Crippen molar-refractivity contribution < 1.29 is 37.7 Å². The fraction of sp³-hybridized carbons (Fsp3) is 0.250. The molecule has 0 fully saturated rings. The average Bonchev–Trinajstić information content (AvgIpc) is 3.31. The number of fused-ring (bicyclic) bond motifs is 1. The summed E-state index contributed by atoms with van der Waals surface area (Å²) in [5.41, 5.74) is 4.25. The van der Waals surface area contributed by atoms with Crippen molar-refractivity contribution in [1.82, 2.24) is 10.3 Å². The van der Waals surface area contributed by atoms with Crippen molar-refractivity contribution in [1.29, 1.82) is 0 Å². The molecule has 0 bridgehead atoms. The number of rotatable bonds is 7. The lowest BCUT2D eigenvalue weighted by atomic mass is 10.0. The summed E-state index contributed by atoms with van der Waals surface area (Å²) in [6.45, 7) is 0.984. The van der Waals surface area contributed by atoms with Crippen molar-refractivity contribution in [2.45, 2.75) is 25.2 Å². The smallest absolute Gasteiger partial charge is 0.475 e. The van der Waals surface area contributed by atoms with Gasteiger partial charge in [-0.1, -0.05) is 34.1 Å². The number of nitrogens with one attached hydrogen (secondary N) is 1. The number of pyridine rings is 1. The van der Waals surface area contributed by atoms with E-state index in [1.165, 1.54) is 0 Å². The molecule has 11 heteroatoms. The number of ether oxygens (including phenoxy) is 2. The number of hydrogen-bond acceptors (Lipinski definition) is 6. The molecule has 3 N–H and O–H groups in total. The molecule has 35 heavy (non-hydrogen) atoms. The van der Waals surface area contributed by atoms with E-state index in [0.717, 1.165) is 38.2 Å². The van der Waals surface area contributed by atoms with E-state index < -0.39 is 12.1 Å². The van der Waals surface area contributed by atoms with Crippen LogP contribution in [0.4, 0.5) is 13.2 Å². The predicted octanol–water partition coefficient (Wildman–Crippen LogP) is 5.09. The molecule has 0 radical (unpaired) electrons. The van der Waals surface area contributed by atoms with Gasteiger partial charge in [0.25, 0.3) is 0 Å². The Morgan fingerprint density at radius 2 is 1.83 bits per heavy atom. The fourth-order valence-electron chi connectivity index (χ4n) is 3.41. The highest BCUT2D eigenvalue weighted by atomic mass is 79.9. The highest BCUT2D eigenvalue weighted by Gasteiger charge is 2.38. The van der Waals surface area contributed by atoms with E-state index in [4.69, 9.17) is 19.4 Å². The molecule has 0 spiro atoms. The molecule has 4 rings (SSSR count). The topological polar surface area (TPSA) is 101 Å². The second-order valence-corrected chi connectivity index (χ2v) is 8.24. The van der Waals surface area contributed by atoms with Crippen molar-refractivity contribution in [3.8, 4) is 22.6 Å². The maximum Gasteiger partial charge on any atom is 0.490 e. The number of aliphatic carboxylic acids is 1. The number of hydrogen-bond donors (Lipinski definition) is 3. The first kappa shape index (κ1) is 26.5. The zero-order chi connectivity index (χ0) is 25.4. The van der Waals surface area contributed by atoms with Gasteiger partial charge in [0.05, 0.1) is 0 Å². The van der Waals surface area contributed by atoms with E-state index in [1.807, 2.05) is 36.4 Å². The number of alkyl halides is 3. The van der Waals surface area contributed by atoms with Gasteiger partial charge >= 0.3 is 12.1 Å². The van der Waals surface area contributed by atoms with Crippen molar-refractivity contribution in [3.63, 3.8) is 0 Å². The van der Waals surface area contributed by atoms with Gasteiger partial charge in [-0.15, -0.1) is 0 Å². The number of halogens is 4. The molecular weight excluding hydrogens is 533 g/mol. The Hall–Kier alpha value is -3.15. The summed E-state index contributed by atoms with van der Waals surface area (Å²) in [6, 6.07) is 16.2. The van der Waals surface area contributed by atoms with Crippen molar-refractivity contribution in [3.05, 3.63) is 76.5 Å². The molecule has 186 valence electrons. The molecule has 1 aliphatic heterocycles. The van der Waals surface area contributed by atoms with E-state index in [0.29, 0.717) is 13.0 Å². The van der Waals surface area contributed by atoms with Crippen LogP contribution in [-0.2, 0) is 11.3 Å². The summed E-state index contributed by atoms with van der Waals surface area (Å²) in [6.07, 6.45) is -0.913. The molecule has 0 saturated heterocycles. The lowest BCUT2D eigenvalue weighted by Gasteiger charge is -2.20. The lowest BCUT2D eigenvalue weighted by molar-refractivity contribution is -0.192. The van der Waals surface area contributed by atoms with Crippen LogP contribution in [0.2, 0.25) is 0 Å². The first-order valence-corrected chi connectivity index (χ1v) is 11.2. The molecule has 3 aromatic rings. The SMILES string of the molecule is O=C(O)C(F)(F)F.OCCC(NCc1cc2c(c(-c3ccncc3)c1)OCO2)c1ccccc1Br. The monoisotopic (exact) mass is 554 g/mol. The van der Waals surface area contributed by atoms with Gasteiger partial charge in [-0.2, -0.15) is 13.2 Å². The summed E-state index contributed by atoms with van der Waals surface area (Å²) in [4.78, 5) is 13.0. The van der Waals surface area contributed by atoms with Crippen LogP contribution in [0.25, 0.3) is 11.1 Å². The first-order valence-electron chi connectivity index (χ1n) is 10.4. The third-order valence-electron chi connectivity index (χ3n) is 5.02. The van der Waals surface area contributed by atoms with Crippen LogP contribution >= 0.6 is 15.9 Å². The Balaban J connectivity index is 0.000000429. The normalized spacial score (nSPS) is 13.1. The number of aromatic nitrogens is 1. The van der Waals surface area contributed by atoms with Crippen LogP contribution in [0.3, 0.4) is 0 Å². The van der Waals surface area contributed by atoms with Crippen LogP contribution in [-0.4, -0.2) is 40.7 Å². The largest absolute Gasteiger partial charge is 0.490 e. The number of nitrogens with zero attached hydrogens (tertiary/aromatic N) is 1. The van der Waals surface area contributed by atoms with E-state index >= 15 is 0 Å². The standard InChI is InChI=1S/C22H21BrN2O3.C2HF3O2/c23-19-4-2-1-3-17(19)20(7-10-26)25-13-15-11-18(16-5-8-24-9-6-16)22-21(12-15)27-14-28-22;3-2(4,5)1(6)7/h1-6,8-9,11-12,20,25-26H,7,10,13-14H2;(H,6,7).